The Balaban J connectivity index is 1.47. The number of aliphatic hydroxyl groups excluding tert-OH is 1. The summed E-state index contributed by atoms with van der Waals surface area (Å²) in [7, 11) is 0. The third kappa shape index (κ3) is 4.48. The van der Waals surface area contributed by atoms with Gasteiger partial charge < -0.3 is 14.7 Å². The molecule has 166 valence electrons. The summed E-state index contributed by atoms with van der Waals surface area (Å²) in [5, 5.41) is 9.52. The second kappa shape index (κ2) is 9.04. The first-order chi connectivity index (χ1) is 15.4. The first-order valence-electron chi connectivity index (χ1n) is 10.3. The van der Waals surface area contributed by atoms with E-state index in [9.17, 15) is 23.1 Å². The van der Waals surface area contributed by atoms with Crippen LogP contribution < -0.4 is 0 Å². The van der Waals surface area contributed by atoms with Crippen LogP contribution in [-0.4, -0.2) is 29.3 Å². The molecule has 3 aromatic rings. The summed E-state index contributed by atoms with van der Waals surface area (Å²) in [6.07, 6.45) is 0.141. The number of halogens is 3. The van der Waals surface area contributed by atoms with E-state index in [1.165, 1.54) is 24.3 Å². The summed E-state index contributed by atoms with van der Waals surface area (Å²) in [6.45, 7) is 0.514. The van der Waals surface area contributed by atoms with Crippen LogP contribution >= 0.6 is 0 Å². The Kier molecular flexibility index (Phi) is 6.19. The second-order valence-corrected chi connectivity index (χ2v) is 7.84. The van der Waals surface area contributed by atoms with E-state index in [4.69, 9.17) is 4.74 Å². The van der Waals surface area contributed by atoms with Crippen molar-refractivity contribution in [1.29, 1.82) is 0 Å². The average molecular weight is 441 g/mol. The van der Waals surface area contributed by atoms with Crippen molar-refractivity contribution in [3.63, 3.8) is 0 Å². The fourth-order valence-electron chi connectivity index (χ4n) is 4.02. The number of carbonyl (C=O) groups is 1. The molecule has 1 fully saturated rings. The Morgan fingerprint density at radius 2 is 1.62 bits per heavy atom. The van der Waals surface area contributed by atoms with E-state index in [2.05, 4.69) is 0 Å². The fraction of sp³-hybridized carbons (Fsp3) is 0.240. The molecule has 0 spiro atoms. The van der Waals surface area contributed by atoms with Crippen molar-refractivity contribution in [2.75, 3.05) is 13.2 Å². The minimum atomic E-state index is -1.000. The van der Waals surface area contributed by atoms with E-state index in [-0.39, 0.29) is 18.8 Å². The van der Waals surface area contributed by atoms with Gasteiger partial charge in [-0.25, -0.2) is 18.0 Å². The molecule has 4 rings (SSSR count). The predicted octanol–water partition coefficient (Wildman–Crippen LogP) is 5.39. The van der Waals surface area contributed by atoms with Crippen LogP contribution in [0.2, 0.25) is 0 Å². The number of aliphatic hydroxyl groups is 1. The molecule has 1 unspecified atom stereocenters. The van der Waals surface area contributed by atoms with Crippen LogP contribution in [0.1, 0.15) is 24.0 Å². The summed E-state index contributed by atoms with van der Waals surface area (Å²) in [4.78, 5) is 14.3. The highest BCUT2D eigenvalue weighted by molar-refractivity contribution is 5.70. The molecular formula is C25H22F3NO3. The zero-order chi connectivity index (χ0) is 22.7. The Hall–Kier alpha value is -3.32. The molecule has 1 saturated heterocycles. The van der Waals surface area contributed by atoms with Crippen molar-refractivity contribution < 1.29 is 27.8 Å². The SMILES string of the molecule is O=C1OC(CCO)(c2ccc(F)cc2)CCN1Cc1ccc(-c2ccc(F)cc2F)cc1. The maximum Gasteiger partial charge on any atom is 0.410 e. The Bertz CT molecular complexity index is 1100. The van der Waals surface area contributed by atoms with Gasteiger partial charge in [0.1, 0.15) is 23.1 Å². The Morgan fingerprint density at radius 1 is 0.938 bits per heavy atom. The molecule has 0 aromatic heterocycles. The molecule has 1 heterocycles. The van der Waals surface area contributed by atoms with Crippen molar-refractivity contribution in [2.24, 2.45) is 0 Å². The van der Waals surface area contributed by atoms with Crippen molar-refractivity contribution >= 4 is 6.09 Å². The van der Waals surface area contributed by atoms with Crippen molar-refractivity contribution in [1.82, 2.24) is 4.90 Å². The van der Waals surface area contributed by atoms with E-state index in [1.54, 1.807) is 41.3 Å². The molecule has 0 bridgehead atoms. The Labute approximate surface area is 183 Å². The molecule has 1 N–H and O–H groups in total. The quantitative estimate of drug-likeness (QED) is 0.558. The minimum Gasteiger partial charge on any atom is -0.438 e. The predicted molar refractivity (Wildman–Crippen MR) is 113 cm³/mol. The number of cyclic esters (lactones) is 1. The van der Waals surface area contributed by atoms with Gasteiger partial charge in [0.2, 0.25) is 0 Å². The number of amides is 1. The van der Waals surface area contributed by atoms with Crippen LogP contribution in [0, 0.1) is 17.5 Å². The van der Waals surface area contributed by atoms with E-state index >= 15 is 0 Å². The van der Waals surface area contributed by atoms with Crippen LogP contribution in [0.25, 0.3) is 11.1 Å². The number of ether oxygens (including phenoxy) is 1. The van der Waals surface area contributed by atoms with Gasteiger partial charge in [0, 0.05) is 44.2 Å². The normalized spacial score (nSPS) is 18.5. The highest BCUT2D eigenvalue weighted by atomic mass is 19.1. The maximum absolute atomic E-state index is 14.0. The molecule has 4 nitrogen and oxygen atoms in total. The van der Waals surface area contributed by atoms with Gasteiger partial charge in [-0.05, 0) is 41.0 Å². The molecule has 32 heavy (non-hydrogen) atoms. The van der Waals surface area contributed by atoms with Gasteiger partial charge in [0.15, 0.2) is 0 Å². The lowest BCUT2D eigenvalue weighted by Crippen LogP contribution is -2.48. The van der Waals surface area contributed by atoms with E-state index in [1.807, 2.05) is 0 Å². The largest absolute Gasteiger partial charge is 0.438 e. The number of benzene rings is 3. The summed E-state index contributed by atoms with van der Waals surface area (Å²) in [6, 6.07) is 16.2. The van der Waals surface area contributed by atoms with Gasteiger partial charge >= 0.3 is 6.09 Å². The first-order valence-corrected chi connectivity index (χ1v) is 10.3. The van der Waals surface area contributed by atoms with Gasteiger partial charge in [0.05, 0.1) is 0 Å². The third-order valence-electron chi connectivity index (χ3n) is 5.78. The zero-order valence-corrected chi connectivity index (χ0v) is 17.2. The molecule has 0 radical (unpaired) electrons. The summed E-state index contributed by atoms with van der Waals surface area (Å²) < 4.78 is 46.2. The lowest BCUT2D eigenvalue weighted by Gasteiger charge is -2.41. The van der Waals surface area contributed by atoms with E-state index < -0.39 is 23.3 Å². The fourth-order valence-corrected chi connectivity index (χ4v) is 4.02. The van der Waals surface area contributed by atoms with Gasteiger partial charge in [0.25, 0.3) is 0 Å². The van der Waals surface area contributed by atoms with E-state index in [0.717, 1.165) is 11.6 Å². The molecule has 1 atom stereocenters. The van der Waals surface area contributed by atoms with Crippen LogP contribution in [0.5, 0.6) is 0 Å². The third-order valence-corrected chi connectivity index (χ3v) is 5.78. The molecule has 7 heteroatoms. The number of hydrogen-bond acceptors (Lipinski definition) is 3. The lowest BCUT2D eigenvalue weighted by molar-refractivity contribution is -0.0666. The minimum absolute atomic E-state index is 0.175. The molecule has 0 aliphatic carbocycles. The molecule has 1 aliphatic heterocycles. The number of hydrogen-bond donors (Lipinski definition) is 1. The smallest absolute Gasteiger partial charge is 0.410 e. The van der Waals surface area contributed by atoms with Crippen LogP contribution in [0.4, 0.5) is 18.0 Å². The van der Waals surface area contributed by atoms with Crippen LogP contribution in [0.15, 0.2) is 66.7 Å². The topological polar surface area (TPSA) is 49.8 Å². The standard InChI is InChI=1S/C25H22F3NO3/c26-20-7-5-19(6-8-20)25(12-14-30)11-13-29(24(31)32-25)16-17-1-3-18(4-2-17)22-10-9-21(27)15-23(22)28/h1-10,15,30H,11-14,16H2. The van der Waals surface area contributed by atoms with Crippen molar-refractivity contribution in [2.45, 2.75) is 25.0 Å². The monoisotopic (exact) mass is 441 g/mol. The van der Waals surface area contributed by atoms with Gasteiger partial charge in [-0.3, -0.25) is 0 Å². The highest BCUT2D eigenvalue weighted by Gasteiger charge is 2.41. The maximum atomic E-state index is 14.0. The van der Waals surface area contributed by atoms with Crippen molar-refractivity contribution in [3.05, 3.63) is 95.3 Å². The van der Waals surface area contributed by atoms with Gasteiger partial charge in [-0.15, -0.1) is 0 Å². The van der Waals surface area contributed by atoms with Crippen LogP contribution in [0.3, 0.4) is 0 Å². The average Bonchev–Trinajstić information content (AvgIpc) is 2.77. The molecule has 0 saturated carbocycles. The van der Waals surface area contributed by atoms with Crippen LogP contribution in [-0.2, 0) is 16.9 Å². The summed E-state index contributed by atoms with van der Waals surface area (Å²) in [5.74, 6) is -1.66. The highest BCUT2D eigenvalue weighted by Crippen LogP contribution is 2.37. The lowest BCUT2D eigenvalue weighted by atomic mass is 9.86. The molecule has 1 amide bonds. The second-order valence-electron chi connectivity index (χ2n) is 7.84. The molecule has 3 aromatic carbocycles. The van der Waals surface area contributed by atoms with Crippen molar-refractivity contribution in [3.8, 4) is 11.1 Å². The number of rotatable bonds is 6. The van der Waals surface area contributed by atoms with Gasteiger partial charge in [-0.1, -0.05) is 36.4 Å². The Morgan fingerprint density at radius 3 is 2.25 bits per heavy atom. The first kappa shape index (κ1) is 21.9. The zero-order valence-electron chi connectivity index (χ0n) is 17.2. The van der Waals surface area contributed by atoms with Gasteiger partial charge in [-0.2, -0.15) is 0 Å². The summed E-state index contributed by atoms with van der Waals surface area (Å²) in [5.41, 5.74) is 1.37. The molecular weight excluding hydrogens is 419 g/mol. The summed E-state index contributed by atoms with van der Waals surface area (Å²) >= 11 is 0. The van der Waals surface area contributed by atoms with E-state index in [0.29, 0.717) is 36.2 Å². The molecule has 1 aliphatic rings. The number of carbonyl (C=O) groups excluding carboxylic acids is 1. The number of nitrogens with zero attached hydrogens (tertiary/aromatic N) is 1.